The SMILES string of the molecule is O=C(Cc1cccc2ccccc12)NC1CC2C(=O)Nc3ccccc3N2C1. The Kier molecular flexibility index (Phi) is 4.01. The quantitative estimate of drug-likeness (QED) is 0.744. The lowest BCUT2D eigenvalue weighted by molar-refractivity contribution is -0.121. The van der Waals surface area contributed by atoms with Crippen LogP contribution in [0.25, 0.3) is 10.8 Å². The normalized spacial score (nSPS) is 20.4. The summed E-state index contributed by atoms with van der Waals surface area (Å²) < 4.78 is 0. The van der Waals surface area contributed by atoms with E-state index in [1.807, 2.05) is 48.5 Å². The second kappa shape index (κ2) is 6.68. The van der Waals surface area contributed by atoms with E-state index in [0.717, 1.165) is 27.7 Å². The highest BCUT2D eigenvalue weighted by Gasteiger charge is 2.41. The van der Waals surface area contributed by atoms with Gasteiger partial charge in [0.2, 0.25) is 11.8 Å². The van der Waals surface area contributed by atoms with Crippen molar-refractivity contribution in [3.63, 3.8) is 0 Å². The van der Waals surface area contributed by atoms with Crippen molar-refractivity contribution in [1.29, 1.82) is 0 Å². The zero-order valence-corrected chi connectivity index (χ0v) is 15.4. The van der Waals surface area contributed by atoms with Crippen molar-refractivity contribution in [2.75, 3.05) is 16.8 Å². The second-order valence-corrected chi connectivity index (χ2v) is 7.49. The van der Waals surface area contributed by atoms with Crippen molar-refractivity contribution in [2.45, 2.75) is 24.9 Å². The Morgan fingerprint density at radius 2 is 1.82 bits per heavy atom. The molecule has 0 bridgehead atoms. The van der Waals surface area contributed by atoms with Gasteiger partial charge >= 0.3 is 0 Å². The first-order valence-corrected chi connectivity index (χ1v) is 9.61. The topological polar surface area (TPSA) is 61.4 Å². The number of carbonyl (C=O) groups excluding carboxylic acids is 2. The van der Waals surface area contributed by atoms with Gasteiger partial charge in [-0.1, -0.05) is 54.6 Å². The van der Waals surface area contributed by atoms with Crippen LogP contribution in [0.2, 0.25) is 0 Å². The third-order valence-electron chi connectivity index (χ3n) is 5.67. The average molecular weight is 371 g/mol. The monoisotopic (exact) mass is 371 g/mol. The number of rotatable bonds is 3. The first-order chi connectivity index (χ1) is 13.7. The summed E-state index contributed by atoms with van der Waals surface area (Å²) in [6, 6.07) is 21.7. The van der Waals surface area contributed by atoms with E-state index in [2.05, 4.69) is 33.7 Å². The molecule has 2 unspecified atom stereocenters. The molecule has 0 saturated carbocycles. The number of amides is 2. The molecule has 140 valence electrons. The van der Waals surface area contributed by atoms with Crippen molar-refractivity contribution in [2.24, 2.45) is 0 Å². The Balaban J connectivity index is 1.31. The molecule has 0 spiro atoms. The van der Waals surface area contributed by atoms with Crippen LogP contribution in [0.3, 0.4) is 0 Å². The minimum atomic E-state index is -0.224. The summed E-state index contributed by atoms with van der Waals surface area (Å²) in [6.07, 6.45) is 0.965. The molecular weight excluding hydrogens is 350 g/mol. The fourth-order valence-corrected chi connectivity index (χ4v) is 4.40. The van der Waals surface area contributed by atoms with E-state index >= 15 is 0 Å². The average Bonchev–Trinajstić information content (AvgIpc) is 3.13. The Hall–Kier alpha value is -3.34. The van der Waals surface area contributed by atoms with E-state index in [4.69, 9.17) is 0 Å². The summed E-state index contributed by atoms with van der Waals surface area (Å²) in [4.78, 5) is 27.3. The highest BCUT2D eigenvalue weighted by atomic mass is 16.2. The summed E-state index contributed by atoms with van der Waals surface area (Å²) in [7, 11) is 0. The van der Waals surface area contributed by atoms with Gasteiger partial charge in [0, 0.05) is 12.6 Å². The van der Waals surface area contributed by atoms with Crippen LogP contribution in [0.1, 0.15) is 12.0 Å². The minimum Gasteiger partial charge on any atom is -0.356 e. The molecule has 1 fully saturated rings. The zero-order valence-electron chi connectivity index (χ0n) is 15.4. The fourth-order valence-electron chi connectivity index (χ4n) is 4.40. The molecule has 2 heterocycles. The summed E-state index contributed by atoms with van der Waals surface area (Å²) in [6.45, 7) is 0.649. The van der Waals surface area contributed by atoms with Gasteiger partial charge in [0.15, 0.2) is 0 Å². The molecule has 1 saturated heterocycles. The van der Waals surface area contributed by atoms with Crippen molar-refractivity contribution in [3.8, 4) is 0 Å². The van der Waals surface area contributed by atoms with E-state index < -0.39 is 0 Å². The highest BCUT2D eigenvalue weighted by molar-refractivity contribution is 6.04. The van der Waals surface area contributed by atoms with Crippen LogP contribution in [0.5, 0.6) is 0 Å². The molecule has 0 aliphatic carbocycles. The summed E-state index contributed by atoms with van der Waals surface area (Å²) >= 11 is 0. The molecular formula is C23H21N3O2. The second-order valence-electron chi connectivity index (χ2n) is 7.49. The zero-order chi connectivity index (χ0) is 19.1. The Bertz CT molecular complexity index is 1070. The number of anilines is 2. The van der Waals surface area contributed by atoms with Crippen LogP contribution in [0.4, 0.5) is 11.4 Å². The van der Waals surface area contributed by atoms with Crippen molar-refractivity contribution < 1.29 is 9.59 Å². The molecule has 2 amide bonds. The molecule has 3 aromatic carbocycles. The Labute approximate surface area is 163 Å². The van der Waals surface area contributed by atoms with Gasteiger partial charge in [-0.15, -0.1) is 0 Å². The van der Waals surface area contributed by atoms with E-state index in [9.17, 15) is 9.59 Å². The lowest BCUT2D eigenvalue weighted by Gasteiger charge is -2.32. The number of nitrogens with zero attached hydrogens (tertiary/aromatic N) is 1. The molecule has 5 heteroatoms. The van der Waals surface area contributed by atoms with Gasteiger partial charge in [-0.2, -0.15) is 0 Å². The number of carbonyl (C=O) groups is 2. The highest BCUT2D eigenvalue weighted by Crippen LogP contribution is 2.36. The fraction of sp³-hybridized carbons (Fsp3) is 0.217. The van der Waals surface area contributed by atoms with Crippen LogP contribution >= 0.6 is 0 Å². The lowest BCUT2D eigenvalue weighted by Crippen LogP contribution is -2.44. The van der Waals surface area contributed by atoms with Gasteiger partial charge in [0.1, 0.15) is 6.04 Å². The van der Waals surface area contributed by atoms with Gasteiger partial charge < -0.3 is 15.5 Å². The van der Waals surface area contributed by atoms with Crippen LogP contribution in [0, 0.1) is 0 Å². The summed E-state index contributed by atoms with van der Waals surface area (Å²) in [5.74, 6) is -0.000560. The maximum atomic E-state index is 12.7. The van der Waals surface area contributed by atoms with Gasteiger partial charge in [-0.25, -0.2) is 0 Å². The van der Waals surface area contributed by atoms with Crippen LogP contribution in [-0.4, -0.2) is 30.4 Å². The smallest absolute Gasteiger partial charge is 0.247 e. The first-order valence-electron chi connectivity index (χ1n) is 9.61. The molecule has 0 aromatic heterocycles. The third kappa shape index (κ3) is 2.89. The predicted molar refractivity (Wildman–Crippen MR) is 110 cm³/mol. The van der Waals surface area contributed by atoms with Crippen LogP contribution < -0.4 is 15.5 Å². The van der Waals surface area contributed by atoms with Crippen LogP contribution in [0.15, 0.2) is 66.7 Å². The lowest BCUT2D eigenvalue weighted by atomic mass is 10.0. The van der Waals surface area contributed by atoms with E-state index in [0.29, 0.717) is 19.4 Å². The Morgan fingerprint density at radius 1 is 1.04 bits per heavy atom. The van der Waals surface area contributed by atoms with Gasteiger partial charge in [0.05, 0.1) is 17.8 Å². The minimum absolute atomic E-state index is 0.00417. The molecule has 5 rings (SSSR count). The molecule has 2 atom stereocenters. The molecule has 2 aliphatic rings. The molecule has 2 N–H and O–H groups in total. The maximum Gasteiger partial charge on any atom is 0.247 e. The van der Waals surface area contributed by atoms with E-state index in [-0.39, 0.29) is 23.9 Å². The third-order valence-corrected chi connectivity index (χ3v) is 5.67. The first kappa shape index (κ1) is 16.8. The number of nitrogens with one attached hydrogen (secondary N) is 2. The number of hydrogen-bond acceptors (Lipinski definition) is 3. The van der Waals surface area contributed by atoms with Gasteiger partial charge in [0.25, 0.3) is 0 Å². The molecule has 5 nitrogen and oxygen atoms in total. The maximum absolute atomic E-state index is 12.7. The van der Waals surface area contributed by atoms with E-state index in [1.54, 1.807) is 0 Å². The Morgan fingerprint density at radius 3 is 2.75 bits per heavy atom. The molecule has 28 heavy (non-hydrogen) atoms. The van der Waals surface area contributed by atoms with E-state index in [1.165, 1.54) is 0 Å². The van der Waals surface area contributed by atoms with Gasteiger partial charge in [-0.3, -0.25) is 9.59 Å². The number of hydrogen-bond donors (Lipinski definition) is 2. The molecule has 2 aliphatic heterocycles. The van der Waals surface area contributed by atoms with Crippen molar-refractivity contribution >= 4 is 34.0 Å². The molecule has 0 radical (unpaired) electrons. The summed E-state index contributed by atoms with van der Waals surface area (Å²) in [5.41, 5.74) is 2.89. The summed E-state index contributed by atoms with van der Waals surface area (Å²) in [5, 5.41) is 8.36. The standard InChI is InChI=1S/C23H21N3O2/c27-22(12-16-8-5-7-15-6-1-2-9-18(15)16)24-17-13-21-23(28)25-19-10-3-4-11-20(19)26(21)14-17/h1-11,17,21H,12-14H2,(H,24,27)(H,25,28). The number of para-hydroxylation sites is 2. The van der Waals surface area contributed by atoms with Crippen LogP contribution in [-0.2, 0) is 16.0 Å². The van der Waals surface area contributed by atoms with Crippen molar-refractivity contribution in [3.05, 3.63) is 72.3 Å². The number of fused-ring (bicyclic) bond motifs is 4. The van der Waals surface area contributed by atoms with Crippen molar-refractivity contribution in [1.82, 2.24) is 5.32 Å². The van der Waals surface area contributed by atoms with Gasteiger partial charge in [-0.05, 0) is 34.9 Å². The number of benzene rings is 3. The molecule has 3 aromatic rings. The predicted octanol–water partition coefficient (Wildman–Crippen LogP) is 3.10. The largest absolute Gasteiger partial charge is 0.356 e.